The van der Waals surface area contributed by atoms with Crippen LogP contribution in [0.5, 0.6) is 0 Å². The van der Waals surface area contributed by atoms with E-state index in [0.717, 1.165) is 35.3 Å². The van der Waals surface area contributed by atoms with Crippen molar-refractivity contribution in [1.82, 2.24) is 0 Å². The van der Waals surface area contributed by atoms with Gasteiger partial charge in [0.1, 0.15) is 5.00 Å². The van der Waals surface area contributed by atoms with Gasteiger partial charge in [0.15, 0.2) is 0 Å². The minimum Gasteiger partial charge on any atom is -0.465 e. The van der Waals surface area contributed by atoms with Crippen molar-refractivity contribution in [2.45, 2.75) is 47.0 Å². The Morgan fingerprint density at radius 2 is 1.67 bits per heavy atom. The van der Waals surface area contributed by atoms with Crippen molar-refractivity contribution >= 4 is 39.8 Å². The number of methoxy groups -OCH3 is 1. The number of carbonyl (C=O) groups excluding carboxylic acids is 3. The number of para-hydroxylation sites is 1. The zero-order chi connectivity index (χ0) is 26.0. The molecule has 1 aliphatic rings. The molecule has 0 aliphatic heterocycles. The molecule has 0 fully saturated rings. The van der Waals surface area contributed by atoms with Crippen LogP contribution in [0.4, 0.5) is 10.7 Å². The second-order valence-electron chi connectivity index (χ2n) is 10.3. The lowest BCUT2D eigenvalue weighted by Gasteiger charge is -2.33. The summed E-state index contributed by atoms with van der Waals surface area (Å²) < 4.78 is 4.87. The summed E-state index contributed by atoms with van der Waals surface area (Å²) in [6, 6.07) is 14.1. The molecule has 1 heterocycles. The first-order chi connectivity index (χ1) is 17.1. The van der Waals surface area contributed by atoms with E-state index in [2.05, 4.69) is 31.4 Å². The second kappa shape index (κ2) is 10.3. The molecule has 1 unspecified atom stereocenters. The smallest absolute Gasteiger partial charge is 0.339 e. The molecule has 3 aromatic rings. The van der Waals surface area contributed by atoms with Crippen molar-refractivity contribution in [1.29, 1.82) is 0 Å². The van der Waals surface area contributed by atoms with Crippen LogP contribution < -0.4 is 10.6 Å². The van der Waals surface area contributed by atoms with E-state index < -0.39 is 5.97 Å². The number of amides is 2. The summed E-state index contributed by atoms with van der Waals surface area (Å²) in [6.45, 7) is 8.70. The molecule has 4 rings (SSSR count). The average Bonchev–Trinajstić information content (AvgIpc) is 3.20. The van der Waals surface area contributed by atoms with E-state index in [1.54, 1.807) is 36.4 Å². The van der Waals surface area contributed by atoms with E-state index in [1.165, 1.54) is 18.4 Å². The maximum absolute atomic E-state index is 13.7. The second-order valence-corrected chi connectivity index (χ2v) is 11.4. The van der Waals surface area contributed by atoms with Gasteiger partial charge in [-0.1, -0.05) is 50.6 Å². The van der Waals surface area contributed by atoms with Crippen molar-refractivity contribution in [3.8, 4) is 0 Å². The van der Waals surface area contributed by atoms with Crippen LogP contribution in [0.1, 0.15) is 74.3 Å². The normalized spacial score (nSPS) is 15.1. The van der Waals surface area contributed by atoms with Crippen LogP contribution in [0.25, 0.3) is 0 Å². The number of hydrogen-bond acceptors (Lipinski definition) is 5. The minimum absolute atomic E-state index is 0.148. The molecular formula is C29H32N2O4S. The Bertz CT molecular complexity index is 1300. The number of anilines is 2. The molecule has 1 aromatic heterocycles. The lowest BCUT2D eigenvalue weighted by molar-refractivity contribution is 0.0601. The van der Waals surface area contributed by atoms with Crippen molar-refractivity contribution in [3.63, 3.8) is 0 Å². The van der Waals surface area contributed by atoms with Gasteiger partial charge in [-0.15, -0.1) is 11.3 Å². The summed E-state index contributed by atoms with van der Waals surface area (Å²) in [4.78, 5) is 40.1. The zero-order valence-electron chi connectivity index (χ0n) is 21.4. The Balaban J connectivity index is 1.71. The number of nitrogens with one attached hydrogen (secondary N) is 2. The summed E-state index contributed by atoms with van der Waals surface area (Å²) in [7, 11) is 1.31. The predicted molar refractivity (Wildman–Crippen MR) is 144 cm³/mol. The van der Waals surface area contributed by atoms with E-state index >= 15 is 0 Å². The van der Waals surface area contributed by atoms with Gasteiger partial charge in [0.2, 0.25) is 0 Å². The quantitative estimate of drug-likeness (QED) is 0.389. The van der Waals surface area contributed by atoms with E-state index in [-0.39, 0.29) is 22.8 Å². The molecule has 0 spiro atoms. The number of benzene rings is 2. The molecule has 6 nitrogen and oxygen atoms in total. The maximum Gasteiger partial charge on any atom is 0.339 e. The molecular weight excluding hydrogens is 472 g/mol. The van der Waals surface area contributed by atoms with Gasteiger partial charge in [-0.25, -0.2) is 4.79 Å². The molecule has 2 aromatic carbocycles. The van der Waals surface area contributed by atoms with Crippen LogP contribution in [-0.2, 0) is 17.6 Å². The summed E-state index contributed by atoms with van der Waals surface area (Å²) in [5.74, 6) is -0.651. The number of aryl methyl sites for hydroxylation is 1. The SMILES string of the molecule is COC(=O)c1ccccc1NC(=O)c1c(NC(=O)c2ccc(C)cc2)sc2c1CCC(C(C)(C)C)C2. The number of esters is 1. The monoisotopic (exact) mass is 504 g/mol. The van der Waals surface area contributed by atoms with Crippen LogP contribution in [0, 0.1) is 18.3 Å². The molecule has 2 N–H and O–H groups in total. The summed E-state index contributed by atoms with van der Waals surface area (Å²) in [5, 5.41) is 6.43. The van der Waals surface area contributed by atoms with Gasteiger partial charge in [0.25, 0.3) is 11.8 Å². The fourth-order valence-electron chi connectivity index (χ4n) is 4.60. The lowest BCUT2D eigenvalue weighted by atomic mass is 9.72. The van der Waals surface area contributed by atoms with Gasteiger partial charge < -0.3 is 15.4 Å². The van der Waals surface area contributed by atoms with Crippen molar-refractivity contribution in [2.75, 3.05) is 17.7 Å². The molecule has 7 heteroatoms. The third-order valence-electron chi connectivity index (χ3n) is 6.84. The van der Waals surface area contributed by atoms with Gasteiger partial charge in [-0.05, 0) is 67.3 Å². The first kappa shape index (κ1) is 25.6. The molecule has 0 radical (unpaired) electrons. The molecule has 1 aliphatic carbocycles. The van der Waals surface area contributed by atoms with Crippen LogP contribution in [0.15, 0.2) is 48.5 Å². The van der Waals surface area contributed by atoms with E-state index in [0.29, 0.717) is 27.7 Å². The Labute approximate surface area is 216 Å². The highest BCUT2D eigenvalue weighted by molar-refractivity contribution is 7.17. The van der Waals surface area contributed by atoms with Crippen LogP contribution in [0.2, 0.25) is 0 Å². The highest BCUT2D eigenvalue weighted by atomic mass is 32.1. The number of fused-ring (bicyclic) bond motifs is 1. The van der Waals surface area contributed by atoms with Gasteiger partial charge in [0, 0.05) is 10.4 Å². The van der Waals surface area contributed by atoms with E-state index in [9.17, 15) is 14.4 Å². The first-order valence-electron chi connectivity index (χ1n) is 12.1. The van der Waals surface area contributed by atoms with Crippen LogP contribution in [0.3, 0.4) is 0 Å². The van der Waals surface area contributed by atoms with Crippen LogP contribution >= 0.6 is 11.3 Å². The maximum atomic E-state index is 13.7. The van der Waals surface area contributed by atoms with Gasteiger partial charge >= 0.3 is 5.97 Å². The van der Waals surface area contributed by atoms with Gasteiger partial charge in [-0.2, -0.15) is 0 Å². The Morgan fingerprint density at radius 1 is 0.972 bits per heavy atom. The minimum atomic E-state index is -0.529. The molecule has 188 valence electrons. The summed E-state index contributed by atoms with van der Waals surface area (Å²) in [5.41, 5.74) is 3.84. The van der Waals surface area contributed by atoms with E-state index in [4.69, 9.17) is 4.74 Å². The topological polar surface area (TPSA) is 84.5 Å². The first-order valence-corrected chi connectivity index (χ1v) is 12.9. The third kappa shape index (κ3) is 5.36. The number of carbonyl (C=O) groups is 3. The highest BCUT2D eigenvalue weighted by Gasteiger charge is 2.34. The third-order valence-corrected chi connectivity index (χ3v) is 8.01. The molecule has 2 amide bonds. The lowest BCUT2D eigenvalue weighted by Crippen LogP contribution is -2.27. The number of ether oxygens (including phenoxy) is 1. The largest absolute Gasteiger partial charge is 0.465 e. The van der Waals surface area contributed by atoms with E-state index in [1.807, 2.05) is 19.1 Å². The number of rotatable bonds is 5. The fourth-order valence-corrected chi connectivity index (χ4v) is 5.92. The van der Waals surface area contributed by atoms with Gasteiger partial charge in [0.05, 0.1) is 23.9 Å². The molecule has 0 saturated carbocycles. The number of hydrogen-bond donors (Lipinski definition) is 2. The Kier molecular flexibility index (Phi) is 7.31. The average molecular weight is 505 g/mol. The number of thiophene rings is 1. The standard InChI is InChI=1S/C29H32N2O4S/c1-17-10-12-18(13-11-17)25(32)31-27-24(21-15-14-19(29(2,3)4)16-23(21)36-27)26(33)30-22-9-7-6-8-20(22)28(34)35-5/h6-13,19H,14-16H2,1-5H3,(H,30,33)(H,31,32). The summed E-state index contributed by atoms with van der Waals surface area (Å²) in [6.07, 6.45) is 2.59. The van der Waals surface area contributed by atoms with Crippen molar-refractivity contribution < 1.29 is 19.1 Å². The zero-order valence-corrected chi connectivity index (χ0v) is 22.2. The summed E-state index contributed by atoms with van der Waals surface area (Å²) >= 11 is 1.48. The molecule has 1 atom stereocenters. The Hall–Kier alpha value is -3.45. The van der Waals surface area contributed by atoms with Gasteiger partial charge in [-0.3, -0.25) is 9.59 Å². The molecule has 0 bridgehead atoms. The van der Waals surface area contributed by atoms with Crippen molar-refractivity contribution in [3.05, 3.63) is 81.2 Å². The highest BCUT2D eigenvalue weighted by Crippen LogP contribution is 2.44. The molecule has 0 saturated heterocycles. The van der Waals surface area contributed by atoms with Crippen LogP contribution in [-0.4, -0.2) is 24.9 Å². The Morgan fingerprint density at radius 3 is 2.33 bits per heavy atom. The van der Waals surface area contributed by atoms with Crippen molar-refractivity contribution in [2.24, 2.45) is 11.3 Å². The fraction of sp³-hybridized carbons (Fsp3) is 0.345. The predicted octanol–water partition coefficient (Wildman–Crippen LogP) is 6.50. The molecule has 36 heavy (non-hydrogen) atoms.